The van der Waals surface area contributed by atoms with Crippen LogP contribution in [0.2, 0.25) is 0 Å². The number of carboxylic acid groups (broad SMARTS) is 1. The number of hydrogen-bond acceptors (Lipinski definition) is 2. The summed E-state index contributed by atoms with van der Waals surface area (Å²) in [6, 6.07) is 0. The van der Waals surface area contributed by atoms with E-state index in [9.17, 15) is 9.59 Å². The van der Waals surface area contributed by atoms with Crippen LogP contribution in [-0.2, 0) is 9.59 Å². The molecule has 0 bridgehead atoms. The van der Waals surface area contributed by atoms with Gasteiger partial charge in [-0.25, -0.2) is 4.79 Å². The molecule has 4 heteroatoms. The zero-order valence-corrected chi connectivity index (χ0v) is 9.32. The molecule has 15 heavy (non-hydrogen) atoms. The number of carbonyl (C=O) groups excluding carboxylic acids is 1. The third-order valence-electron chi connectivity index (χ3n) is 3.02. The van der Waals surface area contributed by atoms with E-state index in [0.29, 0.717) is 24.3 Å². The monoisotopic (exact) mass is 213 g/mol. The van der Waals surface area contributed by atoms with Crippen LogP contribution in [0.4, 0.5) is 0 Å². The molecular weight excluding hydrogens is 194 g/mol. The number of nitrogens with one attached hydrogen (secondary N) is 1. The molecule has 1 fully saturated rings. The second-order valence-corrected chi connectivity index (χ2v) is 4.80. The summed E-state index contributed by atoms with van der Waals surface area (Å²) in [5, 5.41) is 10.9. The Morgan fingerprint density at radius 2 is 1.73 bits per heavy atom. The third kappa shape index (κ3) is 3.90. The standard InChI is InChI=1S/C11H19NO3/c1-7-3-8(2)5-9(4-7)6-12-10(13)11(14)15/h7-9H,3-6H2,1-2H3,(H,12,13)(H,14,15). The minimum atomic E-state index is -1.40. The van der Waals surface area contributed by atoms with Gasteiger partial charge in [-0.05, 0) is 37.0 Å². The van der Waals surface area contributed by atoms with Gasteiger partial charge in [0.15, 0.2) is 0 Å². The summed E-state index contributed by atoms with van der Waals surface area (Å²) < 4.78 is 0. The van der Waals surface area contributed by atoms with Crippen LogP contribution in [0.1, 0.15) is 33.1 Å². The molecule has 0 spiro atoms. The molecule has 1 saturated carbocycles. The molecule has 2 unspecified atom stereocenters. The van der Waals surface area contributed by atoms with Crippen LogP contribution in [0.25, 0.3) is 0 Å². The lowest BCUT2D eigenvalue weighted by molar-refractivity contribution is -0.150. The zero-order chi connectivity index (χ0) is 11.4. The summed E-state index contributed by atoms with van der Waals surface area (Å²) in [5.74, 6) is -0.485. The summed E-state index contributed by atoms with van der Waals surface area (Å²) in [6.45, 7) is 4.92. The van der Waals surface area contributed by atoms with Crippen LogP contribution in [0, 0.1) is 17.8 Å². The largest absolute Gasteiger partial charge is 0.474 e. The van der Waals surface area contributed by atoms with Gasteiger partial charge < -0.3 is 10.4 Å². The molecular formula is C11H19NO3. The maximum absolute atomic E-state index is 10.8. The van der Waals surface area contributed by atoms with Gasteiger partial charge in [-0.15, -0.1) is 0 Å². The minimum Gasteiger partial charge on any atom is -0.474 e. The lowest BCUT2D eigenvalue weighted by atomic mass is 9.77. The summed E-state index contributed by atoms with van der Waals surface area (Å²) in [7, 11) is 0. The second-order valence-electron chi connectivity index (χ2n) is 4.80. The van der Waals surface area contributed by atoms with Gasteiger partial charge in [0.2, 0.25) is 0 Å². The average Bonchev–Trinajstić information content (AvgIpc) is 2.12. The Balaban J connectivity index is 2.32. The number of carbonyl (C=O) groups is 2. The molecule has 86 valence electrons. The van der Waals surface area contributed by atoms with Crippen LogP contribution in [-0.4, -0.2) is 23.5 Å². The van der Waals surface area contributed by atoms with E-state index in [1.807, 2.05) is 0 Å². The van der Waals surface area contributed by atoms with Crippen LogP contribution in [0.3, 0.4) is 0 Å². The highest BCUT2D eigenvalue weighted by Gasteiger charge is 2.24. The van der Waals surface area contributed by atoms with E-state index >= 15 is 0 Å². The van der Waals surface area contributed by atoms with Gasteiger partial charge in [-0.3, -0.25) is 4.79 Å². The van der Waals surface area contributed by atoms with Crippen molar-refractivity contribution in [2.24, 2.45) is 17.8 Å². The SMILES string of the molecule is CC1CC(C)CC(CNC(=O)C(=O)O)C1. The van der Waals surface area contributed by atoms with Crippen molar-refractivity contribution < 1.29 is 14.7 Å². The molecule has 2 N–H and O–H groups in total. The van der Waals surface area contributed by atoms with E-state index in [2.05, 4.69) is 19.2 Å². The first-order chi connectivity index (χ1) is 6.99. The topological polar surface area (TPSA) is 66.4 Å². The molecule has 0 aliphatic heterocycles. The zero-order valence-electron chi connectivity index (χ0n) is 9.32. The van der Waals surface area contributed by atoms with Crippen molar-refractivity contribution in [3.8, 4) is 0 Å². The first kappa shape index (κ1) is 12.0. The van der Waals surface area contributed by atoms with E-state index in [-0.39, 0.29) is 0 Å². The fraction of sp³-hybridized carbons (Fsp3) is 0.818. The highest BCUT2D eigenvalue weighted by atomic mass is 16.4. The average molecular weight is 213 g/mol. The highest BCUT2D eigenvalue weighted by molar-refractivity contribution is 6.31. The van der Waals surface area contributed by atoms with Crippen molar-refractivity contribution in [1.29, 1.82) is 0 Å². The number of carboxylic acids is 1. The van der Waals surface area contributed by atoms with Crippen LogP contribution in [0.15, 0.2) is 0 Å². The molecule has 0 aromatic carbocycles. The van der Waals surface area contributed by atoms with E-state index < -0.39 is 11.9 Å². The molecule has 1 rings (SSSR count). The summed E-state index contributed by atoms with van der Waals surface area (Å²) >= 11 is 0. The Kier molecular flexibility index (Phi) is 4.12. The predicted octanol–water partition coefficient (Wildman–Crippen LogP) is 1.26. The van der Waals surface area contributed by atoms with E-state index in [1.54, 1.807) is 0 Å². The van der Waals surface area contributed by atoms with Gasteiger partial charge in [0.05, 0.1) is 0 Å². The van der Waals surface area contributed by atoms with Gasteiger partial charge in [-0.1, -0.05) is 13.8 Å². The van der Waals surface area contributed by atoms with Gasteiger partial charge in [0.25, 0.3) is 0 Å². The molecule has 0 aromatic rings. The van der Waals surface area contributed by atoms with E-state index in [1.165, 1.54) is 6.42 Å². The van der Waals surface area contributed by atoms with Crippen molar-refractivity contribution >= 4 is 11.9 Å². The lowest BCUT2D eigenvalue weighted by Gasteiger charge is -2.31. The fourth-order valence-corrected chi connectivity index (χ4v) is 2.59. The fourth-order valence-electron chi connectivity index (χ4n) is 2.59. The smallest absolute Gasteiger partial charge is 0.394 e. The Morgan fingerprint density at radius 3 is 2.20 bits per heavy atom. The second kappa shape index (κ2) is 5.14. The van der Waals surface area contributed by atoms with Crippen LogP contribution < -0.4 is 5.32 Å². The molecule has 0 heterocycles. The normalized spacial score (nSPS) is 30.9. The van der Waals surface area contributed by atoms with Gasteiger partial charge in [0.1, 0.15) is 0 Å². The molecule has 4 nitrogen and oxygen atoms in total. The van der Waals surface area contributed by atoms with Gasteiger partial charge in [0, 0.05) is 6.54 Å². The Bertz CT molecular complexity index is 242. The molecule has 1 amide bonds. The first-order valence-corrected chi connectivity index (χ1v) is 5.50. The number of aliphatic carboxylic acids is 1. The van der Waals surface area contributed by atoms with Gasteiger partial charge in [-0.2, -0.15) is 0 Å². The Hall–Kier alpha value is -1.06. The van der Waals surface area contributed by atoms with E-state index in [4.69, 9.17) is 5.11 Å². The molecule has 2 atom stereocenters. The Morgan fingerprint density at radius 1 is 1.20 bits per heavy atom. The molecule has 0 radical (unpaired) electrons. The number of rotatable bonds is 2. The van der Waals surface area contributed by atoms with E-state index in [0.717, 1.165) is 12.8 Å². The maximum atomic E-state index is 10.8. The summed E-state index contributed by atoms with van der Waals surface area (Å²) in [6.07, 6.45) is 3.41. The maximum Gasteiger partial charge on any atom is 0.394 e. The van der Waals surface area contributed by atoms with Crippen LogP contribution in [0.5, 0.6) is 0 Å². The summed E-state index contributed by atoms with van der Waals surface area (Å²) in [4.78, 5) is 21.1. The third-order valence-corrected chi connectivity index (χ3v) is 3.02. The van der Waals surface area contributed by atoms with Crippen molar-refractivity contribution in [2.45, 2.75) is 33.1 Å². The predicted molar refractivity (Wildman–Crippen MR) is 56.3 cm³/mol. The molecule has 1 aliphatic rings. The lowest BCUT2D eigenvalue weighted by Crippen LogP contribution is -2.36. The van der Waals surface area contributed by atoms with Crippen molar-refractivity contribution in [3.05, 3.63) is 0 Å². The van der Waals surface area contributed by atoms with Crippen molar-refractivity contribution in [3.63, 3.8) is 0 Å². The van der Waals surface area contributed by atoms with Crippen molar-refractivity contribution in [2.75, 3.05) is 6.54 Å². The van der Waals surface area contributed by atoms with Gasteiger partial charge >= 0.3 is 11.9 Å². The molecule has 0 aromatic heterocycles. The number of amides is 1. The quantitative estimate of drug-likeness (QED) is 0.679. The molecule has 1 aliphatic carbocycles. The Labute approximate surface area is 90.0 Å². The molecule has 0 saturated heterocycles. The first-order valence-electron chi connectivity index (χ1n) is 5.50. The van der Waals surface area contributed by atoms with Crippen LogP contribution >= 0.6 is 0 Å². The minimum absolute atomic E-state index is 0.437. The van der Waals surface area contributed by atoms with Crippen molar-refractivity contribution in [1.82, 2.24) is 5.32 Å². The summed E-state index contributed by atoms with van der Waals surface area (Å²) in [5.41, 5.74) is 0. The highest BCUT2D eigenvalue weighted by Crippen LogP contribution is 2.32. The number of hydrogen-bond donors (Lipinski definition) is 2.